The predicted octanol–water partition coefficient (Wildman–Crippen LogP) is 0.764. The van der Waals surface area contributed by atoms with E-state index in [0.717, 1.165) is 0 Å². The molecule has 0 saturated heterocycles. The molecule has 0 aromatic heterocycles. The van der Waals surface area contributed by atoms with Gasteiger partial charge in [0.2, 0.25) is 0 Å². The molecule has 0 atom stereocenters. The van der Waals surface area contributed by atoms with Crippen molar-refractivity contribution in [1.82, 2.24) is 0 Å². The summed E-state index contributed by atoms with van der Waals surface area (Å²) < 4.78 is 34.1. The van der Waals surface area contributed by atoms with Crippen LogP contribution in [-0.4, -0.2) is 33.5 Å². The molecule has 0 spiro atoms. The smallest absolute Gasteiger partial charge is 0.171 e. The van der Waals surface area contributed by atoms with Crippen LogP contribution in [0.4, 0.5) is 13.2 Å². The van der Waals surface area contributed by atoms with Gasteiger partial charge >= 0.3 is 6.18 Å². The lowest BCUT2D eigenvalue weighted by Gasteiger charge is -2.02. The highest BCUT2D eigenvalue weighted by molar-refractivity contribution is 7.23. The second-order valence-corrected chi connectivity index (χ2v) is 6.58. The Balaban J connectivity index is 3.07. The van der Waals surface area contributed by atoms with Gasteiger partial charge < -0.3 is 0 Å². The van der Waals surface area contributed by atoms with E-state index in [1.807, 2.05) is 0 Å². The first-order valence-corrected chi connectivity index (χ1v) is 6.98. The zero-order valence-corrected chi connectivity index (χ0v) is 7.55. The summed E-state index contributed by atoms with van der Waals surface area (Å²) in [7, 11) is 4.02. The summed E-state index contributed by atoms with van der Waals surface area (Å²) in [5, 5.41) is 0. The topological polar surface area (TPSA) is 0 Å². The van der Waals surface area contributed by atoms with Crippen LogP contribution in [0, 0.1) is 0 Å². The zero-order chi connectivity index (χ0) is 7.33. The summed E-state index contributed by atoms with van der Waals surface area (Å²) in [6.07, 6.45) is -4.60. The van der Waals surface area contributed by atoms with E-state index >= 15 is 0 Å². The minimum Gasteiger partial charge on any atom is -0.171 e. The van der Waals surface area contributed by atoms with Gasteiger partial charge in [0, 0.05) is 33.8 Å². The van der Waals surface area contributed by atoms with Gasteiger partial charge in [-0.2, -0.15) is 13.2 Å². The summed E-state index contributed by atoms with van der Waals surface area (Å²) in [6, 6.07) is 0.269. The number of halogens is 3. The molecule has 7 radical (unpaired) electrons. The first kappa shape index (κ1) is 9.44. The molecule has 0 N–H and O–H groups in total. The maximum atomic E-state index is 11.4. The fraction of sp³-hybridized carbons (Fsp3) is 1.00. The maximum Gasteiger partial charge on any atom is 0.388 e. The van der Waals surface area contributed by atoms with Crippen molar-refractivity contribution in [2.75, 3.05) is 0 Å². The molecule has 49 valence electrons. The third-order valence-corrected chi connectivity index (χ3v) is 4.17. The monoisotopic (exact) mass is 181 g/mol. The van der Waals surface area contributed by atoms with E-state index in [-0.39, 0.29) is 6.04 Å². The van der Waals surface area contributed by atoms with Crippen LogP contribution >= 0.6 is 0 Å². The standard InChI is InChI=1S/C3H4F3Si3/c4-3(5,6)1-2-8-9-7/h1-2H2. The minimum absolute atomic E-state index is 0.269. The van der Waals surface area contributed by atoms with E-state index < -0.39 is 12.6 Å². The van der Waals surface area contributed by atoms with Crippen LogP contribution in [0.3, 0.4) is 0 Å². The van der Waals surface area contributed by atoms with Crippen molar-refractivity contribution in [3.05, 3.63) is 0 Å². The Morgan fingerprint density at radius 3 is 2.22 bits per heavy atom. The van der Waals surface area contributed by atoms with Crippen LogP contribution in [-0.2, 0) is 0 Å². The van der Waals surface area contributed by atoms with Gasteiger partial charge in [-0.3, -0.25) is 0 Å². The number of rotatable bonds is 3. The normalized spacial score (nSPS) is 12.0. The third kappa shape index (κ3) is 8.44. The third-order valence-electron chi connectivity index (χ3n) is 0.622. The minimum atomic E-state index is -3.96. The summed E-state index contributed by atoms with van der Waals surface area (Å²) in [4.78, 5) is 0. The molecule has 0 heterocycles. The lowest BCUT2D eigenvalue weighted by molar-refractivity contribution is -0.130. The Bertz CT molecular complexity index is 71.2. The average Bonchev–Trinajstić information content (AvgIpc) is 1.63. The van der Waals surface area contributed by atoms with Crippen molar-refractivity contribution in [3.63, 3.8) is 0 Å². The number of hydrogen-bond acceptors (Lipinski definition) is 0. The van der Waals surface area contributed by atoms with E-state index in [9.17, 15) is 13.2 Å². The van der Waals surface area contributed by atoms with Crippen LogP contribution in [0.5, 0.6) is 0 Å². The molecule has 9 heavy (non-hydrogen) atoms. The van der Waals surface area contributed by atoms with Crippen LogP contribution in [0.15, 0.2) is 0 Å². The predicted molar refractivity (Wildman–Crippen MR) is 32.7 cm³/mol. The molecule has 0 fully saturated rings. The Morgan fingerprint density at radius 1 is 1.33 bits per heavy atom. The lowest BCUT2D eigenvalue weighted by Crippen LogP contribution is -2.11. The van der Waals surface area contributed by atoms with E-state index in [2.05, 4.69) is 9.76 Å². The quantitative estimate of drug-likeness (QED) is 0.445. The van der Waals surface area contributed by atoms with Gasteiger partial charge in [-0.05, 0) is 0 Å². The van der Waals surface area contributed by atoms with Crippen molar-refractivity contribution < 1.29 is 13.2 Å². The van der Waals surface area contributed by atoms with Crippen molar-refractivity contribution >= 4 is 27.4 Å². The molecule has 0 saturated carbocycles. The van der Waals surface area contributed by atoms with Crippen molar-refractivity contribution in [2.24, 2.45) is 0 Å². The highest BCUT2D eigenvalue weighted by Crippen LogP contribution is 2.20. The summed E-state index contributed by atoms with van der Waals surface area (Å²) in [6.45, 7) is 0. The van der Waals surface area contributed by atoms with Gasteiger partial charge in [0.25, 0.3) is 0 Å². The van der Waals surface area contributed by atoms with E-state index in [1.54, 1.807) is 0 Å². The highest BCUT2D eigenvalue weighted by Gasteiger charge is 2.25. The molecule has 0 unspecified atom stereocenters. The maximum absolute atomic E-state index is 11.4. The van der Waals surface area contributed by atoms with Gasteiger partial charge in [0.05, 0.1) is 0 Å². The summed E-state index contributed by atoms with van der Waals surface area (Å²) in [5.74, 6) is 0. The molecule has 6 heteroatoms. The highest BCUT2D eigenvalue weighted by atomic mass is 29.5. The van der Waals surface area contributed by atoms with Gasteiger partial charge in [-0.15, -0.1) is 0 Å². The second kappa shape index (κ2) is 4.29. The Labute approximate surface area is 59.9 Å². The SMILES string of the molecule is FC(F)(F)CC[Si][Si][Si]. The summed E-state index contributed by atoms with van der Waals surface area (Å²) >= 11 is 0. The molecule has 0 aliphatic carbocycles. The van der Waals surface area contributed by atoms with Gasteiger partial charge in [0.1, 0.15) is 0 Å². The van der Waals surface area contributed by atoms with Crippen molar-refractivity contribution in [1.29, 1.82) is 0 Å². The largest absolute Gasteiger partial charge is 0.388 e. The van der Waals surface area contributed by atoms with Crippen LogP contribution in [0.1, 0.15) is 6.42 Å². The second-order valence-electron chi connectivity index (χ2n) is 1.42. The Kier molecular flexibility index (Phi) is 4.50. The molecule has 0 rings (SSSR count). The van der Waals surface area contributed by atoms with Gasteiger partial charge in [0.15, 0.2) is 0 Å². The van der Waals surface area contributed by atoms with Crippen LogP contribution in [0.2, 0.25) is 6.04 Å². The van der Waals surface area contributed by atoms with Crippen molar-refractivity contribution in [2.45, 2.75) is 18.6 Å². The Morgan fingerprint density at radius 2 is 1.89 bits per heavy atom. The molecule has 0 aromatic carbocycles. The molecule has 0 aromatic rings. The molecule has 0 amide bonds. The summed E-state index contributed by atoms with van der Waals surface area (Å²) in [5.41, 5.74) is 0. The van der Waals surface area contributed by atoms with Gasteiger partial charge in [-0.1, -0.05) is 6.04 Å². The van der Waals surface area contributed by atoms with E-state index in [0.29, 0.717) is 17.6 Å². The van der Waals surface area contributed by atoms with E-state index in [4.69, 9.17) is 0 Å². The molecule has 0 bridgehead atoms. The van der Waals surface area contributed by atoms with Crippen LogP contribution in [0.25, 0.3) is 0 Å². The number of alkyl halides is 3. The lowest BCUT2D eigenvalue weighted by atomic mass is 10.5. The zero-order valence-electron chi connectivity index (χ0n) is 4.55. The Hall–Kier alpha value is 0.441. The first-order chi connectivity index (χ1) is 4.06. The molecule has 0 nitrogen and oxygen atoms in total. The molecular weight excluding hydrogens is 177 g/mol. The van der Waals surface area contributed by atoms with Crippen LogP contribution < -0.4 is 0 Å². The molecule has 0 aliphatic rings. The molecule has 0 aliphatic heterocycles. The average molecular weight is 181 g/mol. The van der Waals surface area contributed by atoms with Crippen molar-refractivity contribution in [3.8, 4) is 0 Å². The number of hydrogen-bond donors (Lipinski definition) is 0. The van der Waals surface area contributed by atoms with Gasteiger partial charge in [-0.25, -0.2) is 0 Å². The first-order valence-electron chi connectivity index (χ1n) is 2.27. The molecular formula is C3H4F3Si3. The van der Waals surface area contributed by atoms with E-state index in [1.165, 1.54) is 0 Å². The fourth-order valence-corrected chi connectivity index (χ4v) is 2.68. The fourth-order valence-electron chi connectivity index (χ4n) is 0.267.